The highest BCUT2D eigenvalue weighted by Gasteiger charge is 2.26. The van der Waals surface area contributed by atoms with Crippen molar-refractivity contribution in [3.8, 4) is 0 Å². The van der Waals surface area contributed by atoms with Crippen LogP contribution in [0.15, 0.2) is 97.2 Å². The van der Waals surface area contributed by atoms with Gasteiger partial charge < -0.3 is 20.1 Å². The smallest absolute Gasteiger partial charge is 0.462 e. The van der Waals surface area contributed by atoms with Gasteiger partial charge in [0.15, 0.2) is 6.10 Å². The Hall–Kier alpha value is -3.07. The summed E-state index contributed by atoms with van der Waals surface area (Å²) in [6.07, 6.45) is 66.3. The molecule has 0 saturated carbocycles. The highest BCUT2D eigenvalue weighted by atomic mass is 31.2. The number of hydrogen-bond acceptors (Lipinski definition) is 8. The summed E-state index contributed by atoms with van der Waals surface area (Å²) in [5.41, 5.74) is 5.36. The van der Waals surface area contributed by atoms with Crippen molar-refractivity contribution < 1.29 is 37.6 Å². The first-order chi connectivity index (χ1) is 31.8. The largest absolute Gasteiger partial charge is 0.472 e. The fourth-order valence-corrected chi connectivity index (χ4v) is 7.52. The zero-order chi connectivity index (χ0) is 47.4. The lowest BCUT2D eigenvalue weighted by molar-refractivity contribution is -0.161. The number of carbonyl (C=O) groups excluding carboxylic acids is 2. The van der Waals surface area contributed by atoms with E-state index in [-0.39, 0.29) is 32.6 Å². The molecule has 0 rings (SSSR count). The summed E-state index contributed by atoms with van der Waals surface area (Å²) in [5.74, 6) is -0.925. The highest BCUT2D eigenvalue weighted by Crippen LogP contribution is 2.43. The number of hydrogen-bond donors (Lipinski definition) is 2. The van der Waals surface area contributed by atoms with Crippen LogP contribution < -0.4 is 5.73 Å². The van der Waals surface area contributed by atoms with Gasteiger partial charge in [0.25, 0.3) is 0 Å². The Morgan fingerprint density at radius 2 is 0.831 bits per heavy atom. The van der Waals surface area contributed by atoms with Gasteiger partial charge >= 0.3 is 19.8 Å². The SMILES string of the molecule is CC/C=C\C/C=C\C/C=C\C/C=C\CCCCCCCCCCCCCCCCCCCCC(=O)OC(COC(=O)CC/C=C\C/C=C\C/C=C\C/C=C\CC)COP(=O)(O)OCCN. The molecule has 2 unspecified atom stereocenters. The molecule has 9 nitrogen and oxygen atoms in total. The molecule has 0 aliphatic rings. The van der Waals surface area contributed by atoms with Crippen molar-refractivity contribution in [3.05, 3.63) is 97.2 Å². The molecular weight excluding hydrogens is 834 g/mol. The molecule has 0 aliphatic heterocycles. The van der Waals surface area contributed by atoms with Gasteiger partial charge in [0.2, 0.25) is 0 Å². The predicted octanol–water partition coefficient (Wildman–Crippen LogP) is 15.7. The van der Waals surface area contributed by atoms with E-state index in [1.54, 1.807) is 0 Å². The third-order valence-electron chi connectivity index (χ3n) is 10.5. The van der Waals surface area contributed by atoms with E-state index in [1.165, 1.54) is 96.3 Å². The van der Waals surface area contributed by atoms with E-state index in [0.29, 0.717) is 12.8 Å². The number of unbranched alkanes of at least 4 members (excludes halogenated alkanes) is 18. The second kappa shape index (κ2) is 50.3. The maximum absolute atomic E-state index is 12.6. The van der Waals surface area contributed by atoms with Crippen LogP contribution in [0.1, 0.15) is 206 Å². The quantitative estimate of drug-likeness (QED) is 0.0265. The number of phosphoric ester groups is 1. The van der Waals surface area contributed by atoms with E-state index >= 15 is 0 Å². The maximum Gasteiger partial charge on any atom is 0.472 e. The van der Waals surface area contributed by atoms with Crippen molar-refractivity contribution in [2.75, 3.05) is 26.4 Å². The maximum atomic E-state index is 12.6. The second-order valence-corrected chi connectivity index (χ2v) is 18.1. The molecule has 0 aliphatic carbocycles. The van der Waals surface area contributed by atoms with Gasteiger partial charge in [0.05, 0.1) is 13.2 Å². The van der Waals surface area contributed by atoms with Gasteiger partial charge in [-0.15, -0.1) is 0 Å². The summed E-state index contributed by atoms with van der Waals surface area (Å²) in [7, 11) is -4.40. The van der Waals surface area contributed by atoms with Crippen LogP contribution in [-0.2, 0) is 32.7 Å². The van der Waals surface area contributed by atoms with Crippen LogP contribution in [0, 0.1) is 0 Å². The lowest BCUT2D eigenvalue weighted by atomic mass is 10.0. The summed E-state index contributed by atoms with van der Waals surface area (Å²) in [4.78, 5) is 34.9. The van der Waals surface area contributed by atoms with Crippen molar-refractivity contribution >= 4 is 19.8 Å². The van der Waals surface area contributed by atoms with Crippen molar-refractivity contribution in [1.29, 1.82) is 0 Å². The molecule has 0 aromatic carbocycles. The fraction of sp³-hybridized carbons (Fsp3) is 0.673. The molecule has 2 atom stereocenters. The van der Waals surface area contributed by atoms with Gasteiger partial charge in [-0.1, -0.05) is 214 Å². The molecule has 0 aromatic heterocycles. The molecule has 0 heterocycles. The molecule has 0 amide bonds. The van der Waals surface area contributed by atoms with Crippen molar-refractivity contribution in [2.45, 2.75) is 213 Å². The summed E-state index contributed by atoms with van der Waals surface area (Å²) >= 11 is 0. The minimum absolute atomic E-state index is 0.0412. The van der Waals surface area contributed by atoms with Crippen LogP contribution in [0.5, 0.6) is 0 Å². The highest BCUT2D eigenvalue weighted by molar-refractivity contribution is 7.47. The minimum Gasteiger partial charge on any atom is -0.462 e. The van der Waals surface area contributed by atoms with Gasteiger partial charge in [-0.2, -0.15) is 0 Å². The third-order valence-corrected chi connectivity index (χ3v) is 11.5. The van der Waals surface area contributed by atoms with Crippen LogP contribution >= 0.6 is 7.82 Å². The van der Waals surface area contributed by atoms with Crippen LogP contribution in [0.3, 0.4) is 0 Å². The summed E-state index contributed by atoms with van der Waals surface area (Å²) < 4.78 is 32.8. The monoisotopic (exact) mass is 928 g/mol. The Labute approximate surface area is 397 Å². The molecule has 3 N–H and O–H groups in total. The summed E-state index contributed by atoms with van der Waals surface area (Å²) in [5, 5.41) is 0. The second-order valence-electron chi connectivity index (χ2n) is 16.6. The molecule has 65 heavy (non-hydrogen) atoms. The molecule has 10 heteroatoms. The van der Waals surface area contributed by atoms with Crippen molar-refractivity contribution in [1.82, 2.24) is 0 Å². The number of esters is 2. The average Bonchev–Trinajstić information content (AvgIpc) is 3.30. The summed E-state index contributed by atoms with van der Waals surface area (Å²) in [6.45, 7) is 3.42. The molecule has 0 spiro atoms. The van der Waals surface area contributed by atoms with Gasteiger partial charge in [-0.3, -0.25) is 18.6 Å². The minimum atomic E-state index is -4.40. The van der Waals surface area contributed by atoms with Crippen molar-refractivity contribution in [3.63, 3.8) is 0 Å². The number of ether oxygens (including phenoxy) is 2. The van der Waals surface area contributed by atoms with Crippen LogP contribution in [-0.4, -0.2) is 49.3 Å². The zero-order valence-corrected chi connectivity index (χ0v) is 42.1. The van der Waals surface area contributed by atoms with Gasteiger partial charge in [-0.05, 0) is 77.0 Å². The Morgan fingerprint density at radius 3 is 1.25 bits per heavy atom. The molecule has 0 fully saturated rings. The third kappa shape index (κ3) is 50.2. The van der Waals surface area contributed by atoms with Crippen LogP contribution in [0.4, 0.5) is 0 Å². The number of nitrogens with two attached hydrogens (primary N) is 1. The van der Waals surface area contributed by atoms with Gasteiger partial charge in [0.1, 0.15) is 6.61 Å². The Balaban J connectivity index is 3.96. The topological polar surface area (TPSA) is 134 Å². The number of rotatable bonds is 47. The Kier molecular flexibility index (Phi) is 48.0. The standard InChI is InChI=1S/C55H94NO8P/c1-3-5-7-9-11-13-15-17-18-19-20-21-22-23-24-25-26-27-28-29-30-31-32-33-34-36-38-40-42-44-46-48-55(58)64-53(52-63-65(59,60)62-50-49-56)51-61-54(57)47-45-43-41-39-37-35-16-14-12-10-8-6-4-2/h5-8,11-14,17-18,20-21,35,37,41,43,53H,3-4,9-10,15-16,19,22-34,36,38-40,42,44-52,56H2,1-2H3,(H,59,60)/b7-5-,8-6-,13-11-,14-12-,18-17-,21-20-,37-35-,43-41-. The first-order valence-electron chi connectivity index (χ1n) is 25.7. The number of phosphoric acid groups is 1. The normalized spacial score (nSPS) is 14.0. The summed E-state index contributed by atoms with van der Waals surface area (Å²) in [6, 6.07) is 0. The number of carbonyl (C=O) groups is 2. The molecular formula is C55H94NO8P. The van der Waals surface area contributed by atoms with Gasteiger partial charge in [0, 0.05) is 19.4 Å². The Bertz CT molecular complexity index is 1380. The van der Waals surface area contributed by atoms with E-state index in [1.807, 2.05) is 12.2 Å². The van der Waals surface area contributed by atoms with E-state index in [2.05, 4.69) is 98.9 Å². The van der Waals surface area contributed by atoms with Crippen LogP contribution in [0.2, 0.25) is 0 Å². The first kappa shape index (κ1) is 61.9. The lowest BCUT2D eigenvalue weighted by Crippen LogP contribution is -2.29. The first-order valence-corrected chi connectivity index (χ1v) is 27.2. The molecule has 0 aromatic rings. The molecule has 0 saturated heterocycles. The number of allylic oxidation sites excluding steroid dienone is 16. The van der Waals surface area contributed by atoms with Crippen molar-refractivity contribution in [2.24, 2.45) is 5.73 Å². The van der Waals surface area contributed by atoms with E-state index in [0.717, 1.165) is 70.6 Å². The molecule has 0 radical (unpaired) electrons. The van der Waals surface area contributed by atoms with E-state index in [9.17, 15) is 19.0 Å². The molecule has 372 valence electrons. The lowest BCUT2D eigenvalue weighted by Gasteiger charge is -2.19. The molecule has 0 bridgehead atoms. The predicted molar refractivity (Wildman–Crippen MR) is 275 cm³/mol. The van der Waals surface area contributed by atoms with E-state index < -0.39 is 32.5 Å². The van der Waals surface area contributed by atoms with Crippen LogP contribution in [0.25, 0.3) is 0 Å². The van der Waals surface area contributed by atoms with Gasteiger partial charge in [-0.25, -0.2) is 4.57 Å². The van der Waals surface area contributed by atoms with E-state index in [4.69, 9.17) is 24.3 Å². The zero-order valence-electron chi connectivity index (χ0n) is 41.2. The Morgan fingerprint density at radius 1 is 0.462 bits per heavy atom. The average molecular weight is 928 g/mol. The fourth-order valence-electron chi connectivity index (χ4n) is 6.76.